The monoisotopic (exact) mass is 500 g/mol. The maximum atomic E-state index is 9.79. The molecule has 0 amide bonds. The molecule has 2 N–H and O–H groups in total. The zero-order valence-electron chi connectivity index (χ0n) is 20.6. The highest BCUT2D eigenvalue weighted by Gasteiger charge is 2.43. The average Bonchev–Trinajstić information content (AvgIpc) is 3.39. The van der Waals surface area contributed by atoms with Gasteiger partial charge in [0.1, 0.15) is 17.2 Å². The molecule has 1 aliphatic heterocycles. The molecule has 2 aromatic carbocycles. The fraction of sp³-hybridized carbons (Fsp3) is 0.214. The van der Waals surface area contributed by atoms with Crippen molar-refractivity contribution >= 4 is 23.0 Å². The van der Waals surface area contributed by atoms with Crippen molar-refractivity contribution in [2.45, 2.75) is 25.9 Å². The van der Waals surface area contributed by atoms with Gasteiger partial charge in [-0.15, -0.1) is 0 Å². The Labute approximate surface area is 215 Å². The van der Waals surface area contributed by atoms with Gasteiger partial charge in [0.25, 0.3) is 0 Å². The zero-order valence-corrected chi connectivity index (χ0v) is 21.4. The second-order valence-corrected chi connectivity index (χ2v) is 9.10. The molecule has 2 aromatic heterocycles. The number of aryl methyl sites for hydroxylation is 1. The van der Waals surface area contributed by atoms with Gasteiger partial charge >= 0.3 is 0 Å². The van der Waals surface area contributed by atoms with E-state index in [1.54, 1.807) is 32.5 Å². The minimum Gasteiger partial charge on any atom is -0.508 e. The summed E-state index contributed by atoms with van der Waals surface area (Å²) in [6.45, 7) is 4.19. The van der Waals surface area contributed by atoms with Crippen LogP contribution in [0.5, 0.6) is 17.2 Å². The topological polar surface area (TPSA) is 71.8 Å². The van der Waals surface area contributed by atoms with E-state index in [1.165, 1.54) is 0 Å². The number of phenolic OH excluding ortho intramolecular Hbond substituents is 1. The summed E-state index contributed by atoms with van der Waals surface area (Å²) in [5, 5.41) is 13.9. The molecule has 1 saturated heterocycles. The molecule has 8 heteroatoms. The van der Waals surface area contributed by atoms with Crippen LogP contribution in [0.15, 0.2) is 72.9 Å². The number of benzene rings is 2. The molecule has 0 bridgehead atoms. The number of phenols is 1. The van der Waals surface area contributed by atoms with Gasteiger partial charge in [-0.2, -0.15) is 0 Å². The Hall–Kier alpha value is -4.04. The second kappa shape index (κ2) is 9.54. The third-order valence-electron chi connectivity index (χ3n) is 6.64. The number of methoxy groups -OCH3 is 2. The molecule has 0 radical (unpaired) electrons. The highest BCUT2D eigenvalue weighted by atomic mass is 32.1. The van der Waals surface area contributed by atoms with Gasteiger partial charge in [-0.05, 0) is 86.2 Å². The molecule has 1 fully saturated rings. The van der Waals surface area contributed by atoms with Gasteiger partial charge in [-0.1, -0.05) is 6.07 Å². The van der Waals surface area contributed by atoms with E-state index in [4.69, 9.17) is 21.7 Å². The molecule has 36 heavy (non-hydrogen) atoms. The van der Waals surface area contributed by atoms with Gasteiger partial charge in [0, 0.05) is 29.3 Å². The van der Waals surface area contributed by atoms with Gasteiger partial charge < -0.3 is 29.4 Å². The number of hydrogen-bond donors (Lipinski definition) is 2. The summed E-state index contributed by atoms with van der Waals surface area (Å²) in [5.74, 6) is 1.61. The Kier molecular flexibility index (Phi) is 6.28. The summed E-state index contributed by atoms with van der Waals surface area (Å²) < 4.78 is 13.4. The number of rotatable bonds is 6. The third-order valence-corrected chi connectivity index (χ3v) is 6.96. The highest BCUT2D eigenvalue weighted by Crippen LogP contribution is 2.46. The van der Waals surface area contributed by atoms with Crippen LogP contribution in [0, 0.1) is 13.8 Å². The van der Waals surface area contributed by atoms with Crippen LogP contribution in [-0.4, -0.2) is 34.0 Å². The minimum atomic E-state index is -0.188. The Morgan fingerprint density at radius 2 is 1.75 bits per heavy atom. The summed E-state index contributed by atoms with van der Waals surface area (Å²) in [4.78, 5) is 6.77. The Balaban J connectivity index is 1.69. The Bertz CT molecular complexity index is 1400. The van der Waals surface area contributed by atoms with Crippen LogP contribution in [0.2, 0.25) is 0 Å². The van der Waals surface area contributed by atoms with Crippen molar-refractivity contribution in [3.05, 3.63) is 95.6 Å². The summed E-state index contributed by atoms with van der Waals surface area (Å²) >= 11 is 5.90. The Morgan fingerprint density at radius 3 is 2.42 bits per heavy atom. The number of thiocarbonyl (C=S) groups is 1. The van der Waals surface area contributed by atoms with E-state index in [0.29, 0.717) is 16.6 Å². The molecule has 0 aliphatic carbocycles. The number of aromatic nitrogens is 2. The van der Waals surface area contributed by atoms with E-state index in [9.17, 15) is 5.11 Å². The summed E-state index contributed by atoms with van der Waals surface area (Å²) in [6, 6.07) is 20.7. The van der Waals surface area contributed by atoms with Crippen LogP contribution in [0.3, 0.4) is 0 Å². The number of pyridine rings is 1. The number of aromatic hydroxyl groups is 1. The van der Waals surface area contributed by atoms with Gasteiger partial charge in [0.15, 0.2) is 5.11 Å². The minimum absolute atomic E-state index is 0.181. The fourth-order valence-corrected chi connectivity index (χ4v) is 5.34. The lowest BCUT2D eigenvalue weighted by Gasteiger charge is -2.29. The SMILES string of the molecule is COc1ccc(N2C(=S)N[C@@H](c3ccccn3)[C@@H]2c2cc(C)n(-c3ccc(O)cc3)c2C)c(OC)c1. The van der Waals surface area contributed by atoms with Crippen molar-refractivity contribution in [2.75, 3.05) is 19.1 Å². The smallest absolute Gasteiger partial charge is 0.174 e. The Morgan fingerprint density at radius 1 is 0.972 bits per heavy atom. The normalized spacial score (nSPS) is 17.2. The van der Waals surface area contributed by atoms with Crippen molar-refractivity contribution in [3.63, 3.8) is 0 Å². The van der Waals surface area contributed by atoms with Crippen LogP contribution in [0.4, 0.5) is 5.69 Å². The van der Waals surface area contributed by atoms with E-state index >= 15 is 0 Å². The number of anilines is 1. The van der Waals surface area contributed by atoms with E-state index in [0.717, 1.165) is 34.0 Å². The first kappa shape index (κ1) is 23.7. The molecule has 1 aliphatic rings. The van der Waals surface area contributed by atoms with Crippen molar-refractivity contribution in [1.82, 2.24) is 14.9 Å². The average molecular weight is 501 g/mol. The van der Waals surface area contributed by atoms with Gasteiger partial charge in [-0.3, -0.25) is 4.98 Å². The predicted octanol–water partition coefficient (Wildman–Crippen LogP) is 5.39. The molecule has 5 rings (SSSR count). The van der Waals surface area contributed by atoms with Crippen LogP contribution >= 0.6 is 12.2 Å². The molecular weight excluding hydrogens is 472 g/mol. The first-order chi connectivity index (χ1) is 17.4. The number of nitrogens with zero attached hydrogens (tertiary/aromatic N) is 3. The third kappa shape index (κ3) is 4.03. The molecule has 7 nitrogen and oxygen atoms in total. The first-order valence-electron chi connectivity index (χ1n) is 11.6. The number of hydrogen-bond acceptors (Lipinski definition) is 5. The lowest BCUT2D eigenvalue weighted by Crippen LogP contribution is -2.30. The fourth-order valence-electron chi connectivity index (χ4n) is 5.00. The highest BCUT2D eigenvalue weighted by molar-refractivity contribution is 7.80. The molecule has 3 heterocycles. The molecule has 184 valence electrons. The molecule has 0 spiro atoms. The van der Waals surface area contributed by atoms with Crippen molar-refractivity contribution in [1.29, 1.82) is 0 Å². The van der Waals surface area contributed by atoms with E-state index in [1.807, 2.05) is 48.5 Å². The first-order valence-corrected chi connectivity index (χ1v) is 12.0. The summed E-state index contributed by atoms with van der Waals surface area (Å²) in [7, 11) is 3.28. The van der Waals surface area contributed by atoms with Crippen LogP contribution < -0.4 is 19.7 Å². The van der Waals surface area contributed by atoms with Crippen molar-refractivity contribution in [3.8, 4) is 22.9 Å². The molecule has 4 aromatic rings. The number of nitrogens with one attached hydrogen (secondary N) is 1. The zero-order chi connectivity index (χ0) is 25.4. The van der Waals surface area contributed by atoms with Gasteiger partial charge in [0.2, 0.25) is 0 Å². The summed E-state index contributed by atoms with van der Waals surface area (Å²) in [6.07, 6.45) is 1.80. The maximum Gasteiger partial charge on any atom is 0.174 e. The van der Waals surface area contributed by atoms with E-state index in [-0.39, 0.29) is 17.8 Å². The van der Waals surface area contributed by atoms with Gasteiger partial charge in [0.05, 0.1) is 37.7 Å². The van der Waals surface area contributed by atoms with Crippen LogP contribution in [0.25, 0.3) is 5.69 Å². The van der Waals surface area contributed by atoms with Crippen LogP contribution in [0.1, 0.15) is 34.7 Å². The maximum absolute atomic E-state index is 9.79. The van der Waals surface area contributed by atoms with Crippen molar-refractivity contribution in [2.24, 2.45) is 0 Å². The number of ether oxygens (including phenoxy) is 2. The van der Waals surface area contributed by atoms with Gasteiger partial charge in [-0.25, -0.2) is 0 Å². The quantitative estimate of drug-likeness (QED) is 0.344. The standard InChI is InChI=1S/C28H28N4O3S/c1-17-15-22(18(2)31(17)19-8-10-20(33)11-9-19)27-26(23-7-5-6-14-29-23)30-28(36)32(27)24-13-12-21(34-3)16-25(24)35-4/h5-16,26-27,33H,1-4H3,(H,30,36)/t26-,27-/m0/s1. The lowest BCUT2D eigenvalue weighted by molar-refractivity contribution is 0.394. The molecule has 0 unspecified atom stereocenters. The molecule has 2 atom stereocenters. The molecular formula is C28H28N4O3S. The van der Waals surface area contributed by atoms with E-state index in [2.05, 4.69) is 39.7 Å². The van der Waals surface area contributed by atoms with E-state index < -0.39 is 0 Å². The second-order valence-electron chi connectivity index (χ2n) is 8.71. The van der Waals surface area contributed by atoms with Crippen molar-refractivity contribution < 1.29 is 14.6 Å². The largest absolute Gasteiger partial charge is 0.508 e. The lowest BCUT2D eigenvalue weighted by atomic mass is 9.96. The summed E-state index contributed by atoms with van der Waals surface area (Å²) in [5.41, 5.74) is 5.98. The van der Waals surface area contributed by atoms with Crippen LogP contribution in [-0.2, 0) is 0 Å². The molecule has 0 saturated carbocycles. The predicted molar refractivity (Wildman–Crippen MR) is 144 cm³/mol.